The van der Waals surface area contributed by atoms with E-state index in [-0.39, 0.29) is 12.0 Å². The summed E-state index contributed by atoms with van der Waals surface area (Å²) >= 11 is 0. The lowest BCUT2D eigenvalue weighted by Crippen LogP contribution is -2.12. The van der Waals surface area contributed by atoms with Gasteiger partial charge in [0.05, 0.1) is 0 Å². The largest absolute Gasteiger partial charge is 0.486 e. The first-order chi connectivity index (χ1) is 15.3. The molecule has 0 radical (unpaired) electrons. The zero-order chi connectivity index (χ0) is 21.3. The molecule has 0 bridgehead atoms. The summed E-state index contributed by atoms with van der Waals surface area (Å²) in [6, 6.07) is 31.4. The number of ether oxygens (including phenoxy) is 1. The highest BCUT2D eigenvalue weighted by molar-refractivity contribution is 6.04. The van der Waals surface area contributed by atoms with Crippen LogP contribution in [0.1, 0.15) is 34.0 Å². The summed E-state index contributed by atoms with van der Waals surface area (Å²) in [6.45, 7) is 0. The van der Waals surface area contributed by atoms with Gasteiger partial charge in [-0.25, -0.2) is 0 Å². The van der Waals surface area contributed by atoms with Gasteiger partial charge in [0.25, 0.3) is 5.91 Å². The molecular weight excluding hydrogens is 384 g/mol. The average Bonchev–Trinajstić information content (AvgIpc) is 2.84. The van der Waals surface area contributed by atoms with Gasteiger partial charge in [-0.05, 0) is 60.4 Å². The Hall–Kier alpha value is -3.92. The molecule has 0 saturated heterocycles. The standard InChI is InChI=1S/C27H24N2O2/c30-27(29-24-17-19-28-20-18-24)23-12-14-25(15-13-23)31-26(22-9-5-2-6-10-22)16-11-21-7-3-1-4-8-21/h1-10,12-15,17-20,26H,11,16H2,(H,28,29,30). The van der Waals surface area contributed by atoms with E-state index in [2.05, 4.69) is 46.7 Å². The number of amides is 1. The number of carbonyl (C=O) groups is 1. The van der Waals surface area contributed by atoms with Crippen molar-refractivity contribution < 1.29 is 9.53 Å². The van der Waals surface area contributed by atoms with Crippen LogP contribution in [-0.2, 0) is 6.42 Å². The number of hydrogen-bond acceptors (Lipinski definition) is 3. The van der Waals surface area contributed by atoms with Crippen LogP contribution in [0.2, 0.25) is 0 Å². The molecule has 0 aliphatic rings. The Morgan fingerprint density at radius 1 is 0.806 bits per heavy atom. The molecule has 1 unspecified atom stereocenters. The van der Waals surface area contributed by atoms with Crippen molar-refractivity contribution in [3.63, 3.8) is 0 Å². The fraction of sp³-hybridized carbons (Fsp3) is 0.111. The van der Waals surface area contributed by atoms with Gasteiger partial charge in [0.1, 0.15) is 11.9 Å². The summed E-state index contributed by atoms with van der Waals surface area (Å²) in [5.74, 6) is 0.573. The maximum Gasteiger partial charge on any atom is 0.255 e. The van der Waals surface area contributed by atoms with Gasteiger partial charge in [-0.1, -0.05) is 60.7 Å². The number of benzene rings is 3. The third-order valence-electron chi connectivity index (χ3n) is 5.04. The Morgan fingerprint density at radius 2 is 1.45 bits per heavy atom. The summed E-state index contributed by atoms with van der Waals surface area (Å²) in [5, 5.41) is 2.86. The van der Waals surface area contributed by atoms with E-state index < -0.39 is 0 Å². The average molecular weight is 409 g/mol. The number of carbonyl (C=O) groups excluding carboxylic acids is 1. The molecule has 0 saturated carbocycles. The molecule has 1 aromatic heterocycles. The number of aromatic nitrogens is 1. The molecule has 1 N–H and O–H groups in total. The van der Waals surface area contributed by atoms with E-state index >= 15 is 0 Å². The predicted molar refractivity (Wildman–Crippen MR) is 123 cm³/mol. The summed E-state index contributed by atoms with van der Waals surface area (Å²) in [6.07, 6.45) is 5.00. The van der Waals surface area contributed by atoms with Gasteiger partial charge >= 0.3 is 0 Å². The number of hydrogen-bond donors (Lipinski definition) is 1. The second kappa shape index (κ2) is 10.2. The number of anilines is 1. The molecule has 0 fully saturated rings. The van der Waals surface area contributed by atoms with Gasteiger partial charge in [-0.2, -0.15) is 0 Å². The van der Waals surface area contributed by atoms with Crippen molar-refractivity contribution in [2.45, 2.75) is 18.9 Å². The van der Waals surface area contributed by atoms with Gasteiger partial charge in [-0.3, -0.25) is 9.78 Å². The summed E-state index contributed by atoms with van der Waals surface area (Å²) in [5.41, 5.74) is 3.71. The first-order valence-electron chi connectivity index (χ1n) is 10.3. The minimum atomic E-state index is -0.165. The normalized spacial score (nSPS) is 11.5. The zero-order valence-electron chi connectivity index (χ0n) is 17.1. The molecule has 0 aliphatic carbocycles. The number of nitrogens with one attached hydrogen (secondary N) is 1. The lowest BCUT2D eigenvalue weighted by atomic mass is 10.0. The highest BCUT2D eigenvalue weighted by atomic mass is 16.5. The molecule has 4 aromatic rings. The minimum Gasteiger partial charge on any atom is -0.486 e. The molecule has 3 aromatic carbocycles. The first kappa shape index (κ1) is 20.4. The van der Waals surface area contributed by atoms with E-state index in [0.29, 0.717) is 11.3 Å². The Morgan fingerprint density at radius 3 is 2.13 bits per heavy atom. The molecule has 0 spiro atoms. The number of aryl methyl sites for hydroxylation is 1. The van der Waals surface area contributed by atoms with Crippen molar-refractivity contribution in [1.82, 2.24) is 4.98 Å². The molecule has 154 valence electrons. The monoisotopic (exact) mass is 408 g/mol. The van der Waals surface area contributed by atoms with Crippen molar-refractivity contribution in [2.75, 3.05) is 5.32 Å². The lowest BCUT2D eigenvalue weighted by molar-refractivity contribution is 0.102. The summed E-state index contributed by atoms with van der Waals surface area (Å²) in [7, 11) is 0. The fourth-order valence-corrected chi connectivity index (χ4v) is 3.39. The number of rotatable bonds is 8. The quantitative estimate of drug-likeness (QED) is 0.384. The molecule has 0 aliphatic heterocycles. The highest BCUT2D eigenvalue weighted by Gasteiger charge is 2.14. The molecule has 1 amide bonds. The van der Waals surface area contributed by atoms with Crippen LogP contribution < -0.4 is 10.1 Å². The summed E-state index contributed by atoms with van der Waals surface area (Å²) < 4.78 is 6.34. The van der Waals surface area contributed by atoms with Crippen LogP contribution >= 0.6 is 0 Å². The maximum atomic E-state index is 12.5. The van der Waals surface area contributed by atoms with Gasteiger partial charge in [-0.15, -0.1) is 0 Å². The van der Waals surface area contributed by atoms with Crippen molar-refractivity contribution in [3.8, 4) is 5.75 Å². The van der Waals surface area contributed by atoms with Gasteiger partial charge < -0.3 is 10.1 Å². The molecule has 1 heterocycles. The number of pyridine rings is 1. The second-order valence-electron chi connectivity index (χ2n) is 7.26. The second-order valence-corrected chi connectivity index (χ2v) is 7.26. The van der Waals surface area contributed by atoms with Crippen LogP contribution in [0.15, 0.2) is 109 Å². The molecule has 4 rings (SSSR count). The van der Waals surface area contributed by atoms with E-state index in [1.807, 2.05) is 36.4 Å². The third-order valence-corrected chi connectivity index (χ3v) is 5.04. The third kappa shape index (κ3) is 5.80. The molecule has 31 heavy (non-hydrogen) atoms. The first-order valence-corrected chi connectivity index (χ1v) is 10.3. The van der Waals surface area contributed by atoms with Crippen LogP contribution in [0.4, 0.5) is 5.69 Å². The SMILES string of the molecule is O=C(Nc1ccncc1)c1ccc(OC(CCc2ccccc2)c2ccccc2)cc1. The lowest BCUT2D eigenvalue weighted by Gasteiger charge is -2.20. The molecule has 4 heteroatoms. The Labute approximate surface area is 182 Å². The van der Waals surface area contributed by atoms with Gasteiger partial charge in [0, 0.05) is 23.6 Å². The van der Waals surface area contributed by atoms with Crippen molar-refractivity contribution in [3.05, 3.63) is 126 Å². The van der Waals surface area contributed by atoms with Crippen LogP contribution in [-0.4, -0.2) is 10.9 Å². The Kier molecular flexibility index (Phi) is 6.71. The fourth-order valence-electron chi connectivity index (χ4n) is 3.39. The Bertz CT molecular complexity index is 1080. The Balaban J connectivity index is 1.44. The number of nitrogens with zero attached hydrogens (tertiary/aromatic N) is 1. The maximum absolute atomic E-state index is 12.5. The van der Waals surface area contributed by atoms with E-state index in [1.165, 1.54) is 5.56 Å². The smallest absolute Gasteiger partial charge is 0.255 e. The van der Waals surface area contributed by atoms with Crippen LogP contribution in [0.25, 0.3) is 0 Å². The zero-order valence-corrected chi connectivity index (χ0v) is 17.1. The van der Waals surface area contributed by atoms with Crippen molar-refractivity contribution in [2.24, 2.45) is 0 Å². The van der Waals surface area contributed by atoms with Crippen LogP contribution in [0.5, 0.6) is 5.75 Å². The molecule has 1 atom stereocenters. The van der Waals surface area contributed by atoms with Crippen molar-refractivity contribution >= 4 is 11.6 Å². The van der Waals surface area contributed by atoms with E-state index in [1.54, 1.807) is 36.7 Å². The summed E-state index contributed by atoms with van der Waals surface area (Å²) in [4.78, 5) is 16.4. The predicted octanol–water partition coefficient (Wildman–Crippen LogP) is 6.09. The highest BCUT2D eigenvalue weighted by Crippen LogP contribution is 2.27. The van der Waals surface area contributed by atoms with Crippen LogP contribution in [0, 0.1) is 0 Å². The van der Waals surface area contributed by atoms with E-state index in [4.69, 9.17) is 4.74 Å². The van der Waals surface area contributed by atoms with E-state index in [0.717, 1.165) is 24.2 Å². The van der Waals surface area contributed by atoms with Gasteiger partial charge in [0.2, 0.25) is 0 Å². The van der Waals surface area contributed by atoms with Crippen LogP contribution in [0.3, 0.4) is 0 Å². The topological polar surface area (TPSA) is 51.2 Å². The molecule has 4 nitrogen and oxygen atoms in total. The van der Waals surface area contributed by atoms with Gasteiger partial charge in [0.15, 0.2) is 0 Å². The minimum absolute atomic E-state index is 0.0714. The van der Waals surface area contributed by atoms with E-state index in [9.17, 15) is 4.79 Å². The molecular formula is C27H24N2O2. The van der Waals surface area contributed by atoms with Crippen molar-refractivity contribution in [1.29, 1.82) is 0 Å².